The van der Waals surface area contributed by atoms with Crippen LogP contribution in [-0.2, 0) is 6.54 Å². The molecule has 0 spiro atoms. The van der Waals surface area contributed by atoms with Crippen molar-refractivity contribution in [3.05, 3.63) is 29.0 Å². The molecule has 0 aliphatic carbocycles. The van der Waals surface area contributed by atoms with Gasteiger partial charge in [0, 0.05) is 18.3 Å². The van der Waals surface area contributed by atoms with Gasteiger partial charge in [0.1, 0.15) is 5.15 Å². The molecule has 0 fully saturated rings. The van der Waals surface area contributed by atoms with E-state index < -0.39 is 0 Å². The van der Waals surface area contributed by atoms with Gasteiger partial charge in [0.15, 0.2) is 0 Å². The van der Waals surface area contributed by atoms with Crippen LogP contribution in [0.1, 0.15) is 32.3 Å². The summed E-state index contributed by atoms with van der Waals surface area (Å²) in [6.07, 6.45) is 4.21. The Morgan fingerprint density at radius 3 is 2.80 bits per heavy atom. The zero-order valence-corrected chi connectivity index (χ0v) is 10.3. The van der Waals surface area contributed by atoms with E-state index in [0.717, 1.165) is 25.2 Å². The first-order chi connectivity index (χ1) is 7.27. The molecule has 0 saturated heterocycles. The molecule has 0 saturated carbocycles. The maximum Gasteiger partial charge on any atom is 0.133 e. The fourth-order valence-corrected chi connectivity index (χ4v) is 1.69. The lowest BCUT2D eigenvalue weighted by atomic mass is 10.2. The Morgan fingerprint density at radius 2 is 2.20 bits per heavy atom. The Balaban J connectivity index is 2.54. The summed E-state index contributed by atoms with van der Waals surface area (Å²) in [4.78, 5) is 6.48. The number of unbranched alkanes of at least 4 members (excludes halogenated alkanes) is 1. The van der Waals surface area contributed by atoms with Crippen LogP contribution in [0, 0.1) is 0 Å². The minimum atomic E-state index is 0.632. The third-order valence-corrected chi connectivity index (χ3v) is 2.85. The molecule has 0 N–H and O–H groups in total. The second-order valence-electron chi connectivity index (χ2n) is 3.68. The summed E-state index contributed by atoms with van der Waals surface area (Å²) >= 11 is 6.02. The Bertz CT molecular complexity index is 289. The smallest absolute Gasteiger partial charge is 0.133 e. The summed E-state index contributed by atoms with van der Waals surface area (Å²) in [5.41, 5.74) is 1.12. The second-order valence-corrected chi connectivity index (χ2v) is 4.03. The zero-order chi connectivity index (χ0) is 11.1. The minimum Gasteiger partial charge on any atom is -0.299 e. The first-order valence-corrected chi connectivity index (χ1v) is 5.97. The predicted octanol–water partition coefficient (Wildman–Crippen LogP) is 3.36. The zero-order valence-electron chi connectivity index (χ0n) is 9.54. The monoisotopic (exact) mass is 226 g/mol. The van der Waals surface area contributed by atoms with E-state index >= 15 is 0 Å². The summed E-state index contributed by atoms with van der Waals surface area (Å²) in [5.74, 6) is 0. The van der Waals surface area contributed by atoms with Crippen molar-refractivity contribution in [1.29, 1.82) is 0 Å². The molecule has 0 aliphatic heterocycles. The van der Waals surface area contributed by atoms with Crippen molar-refractivity contribution >= 4 is 11.6 Å². The van der Waals surface area contributed by atoms with Crippen LogP contribution >= 0.6 is 11.6 Å². The molecule has 1 heterocycles. The first-order valence-electron chi connectivity index (χ1n) is 5.59. The van der Waals surface area contributed by atoms with Gasteiger partial charge in [0.2, 0.25) is 0 Å². The number of hydrogen-bond acceptors (Lipinski definition) is 2. The van der Waals surface area contributed by atoms with Crippen LogP contribution in [0.15, 0.2) is 18.3 Å². The maximum atomic E-state index is 6.02. The highest BCUT2D eigenvalue weighted by molar-refractivity contribution is 6.30. The van der Waals surface area contributed by atoms with Crippen LogP contribution < -0.4 is 0 Å². The van der Waals surface area contributed by atoms with Crippen molar-refractivity contribution in [2.45, 2.75) is 33.2 Å². The third-order valence-electron chi connectivity index (χ3n) is 2.51. The summed E-state index contributed by atoms with van der Waals surface area (Å²) in [5, 5.41) is 0.632. The summed E-state index contributed by atoms with van der Waals surface area (Å²) in [7, 11) is 0. The third kappa shape index (κ3) is 4.18. The lowest BCUT2D eigenvalue weighted by Gasteiger charge is -2.20. The quantitative estimate of drug-likeness (QED) is 0.692. The molecule has 0 unspecified atom stereocenters. The van der Waals surface area contributed by atoms with Crippen LogP contribution in [0.4, 0.5) is 0 Å². The van der Waals surface area contributed by atoms with Gasteiger partial charge in [-0.25, -0.2) is 4.98 Å². The first kappa shape index (κ1) is 12.5. The highest BCUT2D eigenvalue weighted by Crippen LogP contribution is 2.14. The van der Waals surface area contributed by atoms with E-state index in [4.69, 9.17) is 11.6 Å². The van der Waals surface area contributed by atoms with E-state index in [9.17, 15) is 0 Å². The van der Waals surface area contributed by atoms with E-state index in [2.05, 4.69) is 23.7 Å². The van der Waals surface area contributed by atoms with Crippen LogP contribution in [0.3, 0.4) is 0 Å². The summed E-state index contributed by atoms with van der Waals surface area (Å²) in [6.45, 7) is 7.50. The number of aromatic nitrogens is 1. The van der Waals surface area contributed by atoms with Crippen LogP contribution in [0.25, 0.3) is 0 Å². The van der Waals surface area contributed by atoms with Crippen molar-refractivity contribution in [1.82, 2.24) is 9.88 Å². The van der Waals surface area contributed by atoms with Crippen molar-refractivity contribution in [2.75, 3.05) is 13.1 Å². The van der Waals surface area contributed by atoms with Crippen molar-refractivity contribution < 1.29 is 0 Å². The van der Waals surface area contributed by atoms with E-state index in [1.165, 1.54) is 12.8 Å². The van der Waals surface area contributed by atoms with Gasteiger partial charge in [-0.05, 0) is 25.6 Å². The Kier molecular flexibility index (Phi) is 5.66. The Hall–Kier alpha value is -0.600. The molecule has 0 amide bonds. The van der Waals surface area contributed by atoms with E-state index in [0.29, 0.717) is 5.15 Å². The molecule has 1 aromatic heterocycles. The molecule has 84 valence electrons. The van der Waals surface area contributed by atoms with Crippen LogP contribution in [0.5, 0.6) is 0 Å². The lowest BCUT2D eigenvalue weighted by Crippen LogP contribution is -2.24. The molecular weight excluding hydrogens is 208 g/mol. The number of nitrogens with zero attached hydrogens (tertiary/aromatic N) is 2. The van der Waals surface area contributed by atoms with Gasteiger partial charge in [-0.1, -0.05) is 37.9 Å². The molecule has 1 rings (SSSR count). The summed E-state index contributed by atoms with van der Waals surface area (Å²) < 4.78 is 0. The molecule has 0 aromatic carbocycles. The van der Waals surface area contributed by atoms with Gasteiger partial charge in [-0.3, -0.25) is 4.90 Å². The molecule has 3 heteroatoms. The van der Waals surface area contributed by atoms with Gasteiger partial charge in [0.05, 0.1) is 0 Å². The Morgan fingerprint density at radius 1 is 1.40 bits per heavy atom. The Labute approximate surface area is 97.3 Å². The van der Waals surface area contributed by atoms with Gasteiger partial charge in [-0.15, -0.1) is 0 Å². The average Bonchev–Trinajstić information content (AvgIpc) is 2.26. The minimum absolute atomic E-state index is 0.632. The normalized spacial score (nSPS) is 10.9. The molecule has 15 heavy (non-hydrogen) atoms. The molecule has 2 nitrogen and oxygen atoms in total. The number of pyridine rings is 1. The van der Waals surface area contributed by atoms with E-state index in [1.807, 2.05) is 12.1 Å². The largest absolute Gasteiger partial charge is 0.299 e. The fourth-order valence-electron chi connectivity index (χ4n) is 1.51. The molecule has 0 bridgehead atoms. The molecule has 0 aliphatic rings. The number of halogens is 1. The fraction of sp³-hybridized carbons (Fsp3) is 0.583. The number of hydrogen-bond donors (Lipinski definition) is 0. The van der Waals surface area contributed by atoms with Gasteiger partial charge in [-0.2, -0.15) is 0 Å². The van der Waals surface area contributed by atoms with Crippen molar-refractivity contribution in [2.24, 2.45) is 0 Å². The molecule has 0 radical (unpaired) electrons. The van der Waals surface area contributed by atoms with Crippen molar-refractivity contribution in [3.8, 4) is 0 Å². The lowest BCUT2D eigenvalue weighted by molar-refractivity contribution is 0.275. The van der Waals surface area contributed by atoms with Gasteiger partial charge in [0.25, 0.3) is 0 Å². The van der Waals surface area contributed by atoms with Crippen LogP contribution in [-0.4, -0.2) is 23.0 Å². The topological polar surface area (TPSA) is 16.1 Å². The molecular formula is C12H19ClN2. The maximum absolute atomic E-state index is 6.02. The van der Waals surface area contributed by atoms with E-state index in [-0.39, 0.29) is 0 Å². The summed E-state index contributed by atoms with van der Waals surface area (Å²) in [6, 6.07) is 3.98. The average molecular weight is 227 g/mol. The van der Waals surface area contributed by atoms with Crippen LogP contribution in [0.2, 0.25) is 5.15 Å². The van der Waals surface area contributed by atoms with Gasteiger partial charge >= 0.3 is 0 Å². The molecule has 0 atom stereocenters. The predicted molar refractivity (Wildman–Crippen MR) is 65.1 cm³/mol. The standard InChI is InChI=1S/C12H19ClN2/c1-3-5-9-15(4-2)10-11-7-6-8-14-12(11)13/h6-8H,3-5,9-10H2,1-2H3. The second kappa shape index (κ2) is 6.81. The van der Waals surface area contributed by atoms with E-state index in [1.54, 1.807) is 6.20 Å². The number of rotatable bonds is 6. The SMILES string of the molecule is CCCCN(CC)Cc1cccnc1Cl. The highest BCUT2D eigenvalue weighted by atomic mass is 35.5. The van der Waals surface area contributed by atoms with Crippen molar-refractivity contribution in [3.63, 3.8) is 0 Å². The molecule has 1 aromatic rings. The van der Waals surface area contributed by atoms with Gasteiger partial charge < -0.3 is 0 Å². The highest BCUT2D eigenvalue weighted by Gasteiger charge is 2.06.